The fraction of sp³-hybridized carbons (Fsp3) is 0.522. The fourth-order valence-corrected chi connectivity index (χ4v) is 4.50. The number of ether oxygens (including phenoxy) is 1. The molecular weight excluding hydrogens is 424 g/mol. The molecule has 178 valence electrons. The zero-order valence-electron chi connectivity index (χ0n) is 19.4. The van der Waals surface area contributed by atoms with Crippen LogP contribution in [0.1, 0.15) is 24.7 Å². The number of aryl methyl sites for hydroxylation is 3. The molecule has 0 saturated carbocycles. The van der Waals surface area contributed by atoms with Crippen molar-refractivity contribution >= 4 is 22.8 Å². The van der Waals surface area contributed by atoms with Crippen LogP contribution in [-0.4, -0.2) is 80.1 Å². The Balaban J connectivity index is 1.76. The van der Waals surface area contributed by atoms with E-state index in [1.165, 1.54) is 7.11 Å². The molecule has 3 heterocycles. The van der Waals surface area contributed by atoms with E-state index >= 15 is 0 Å². The lowest BCUT2D eigenvalue weighted by atomic mass is 9.96. The summed E-state index contributed by atoms with van der Waals surface area (Å²) in [7, 11) is 3.18. The van der Waals surface area contributed by atoms with Crippen LogP contribution in [0.2, 0.25) is 0 Å². The number of benzene rings is 1. The molecule has 0 saturated heterocycles. The maximum atomic E-state index is 12.5. The van der Waals surface area contributed by atoms with Gasteiger partial charge < -0.3 is 19.5 Å². The van der Waals surface area contributed by atoms with Gasteiger partial charge in [-0.3, -0.25) is 14.5 Å². The zero-order chi connectivity index (χ0) is 23.5. The van der Waals surface area contributed by atoms with E-state index in [9.17, 15) is 15.0 Å². The Morgan fingerprint density at radius 3 is 2.91 bits per heavy atom. The average molecular weight is 457 g/mol. The Kier molecular flexibility index (Phi) is 6.96. The van der Waals surface area contributed by atoms with Gasteiger partial charge in [0.2, 0.25) is 0 Å². The van der Waals surface area contributed by atoms with Crippen molar-refractivity contribution in [3.8, 4) is 0 Å². The zero-order valence-corrected chi connectivity index (χ0v) is 19.4. The molecule has 2 atom stereocenters. The lowest BCUT2D eigenvalue weighted by Gasteiger charge is -2.34. The number of hydrogen-bond acceptors (Lipinski definition) is 7. The molecule has 0 bridgehead atoms. The number of likely N-dealkylation sites (N-methyl/N-ethyl adjacent to an activating group) is 1. The molecule has 3 aromatic rings. The predicted octanol–water partition coefficient (Wildman–Crippen LogP) is 1.63. The largest absolute Gasteiger partial charge is 0.452 e. The maximum absolute atomic E-state index is 12.5. The molecule has 1 unspecified atom stereocenters. The number of fused-ring (bicyclic) bond motifs is 3. The average Bonchev–Trinajstić information content (AvgIpc) is 3.45. The summed E-state index contributed by atoms with van der Waals surface area (Å²) in [5, 5.41) is 24.3. The van der Waals surface area contributed by atoms with Crippen LogP contribution in [0.4, 0.5) is 10.5 Å². The second kappa shape index (κ2) is 9.90. The molecule has 33 heavy (non-hydrogen) atoms. The summed E-state index contributed by atoms with van der Waals surface area (Å²) < 4.78 is 8.93. The highest BCUT2D eigenvalue weighted by molar-refractivity contribution is 5.95. The number of imidazole rings is 1. The number of hydrogen-bond donors (Lipinski definition) is 2. The van der Waals surface area contributed by atoms with E-state index < -0.39 is 6.23 Å². The van der Waals surface area contributed by atoms with Crippen LogP contribution in [0, 0.1) is 0 Å². The van der Waals surface area contributed by atoms with Crippen molar-refractivity contribution in [3.63, 3.8) is 0 Å². The van der Waals surface area contributed by atoms with Crippen LogP contribution < -0.4 is 4.90 Å². The van der Waals surface area contributed by atoms with Crippen LogP contribution in [0.5, 0.6) is 0 Å². The van der Waals surface area contributed by atoms with Crippen LogP contribution in [-0.2, 0) is 30.7 Å². The van der Waals surface area contributed by atoms with Gasteiger partial charge in [-0.25, -0.2) is 9.78 Å². The van der Waals surface area contributed by atoms with Crippen LogP contribution in [0.15, 0.2) is 30.6 Å². The summed E-state index contributed by atoms with van der Waals surface area (Å²) in [6.45, 7) is 3.34. The summed E-state index contributed by atoms with van der Waals surface area (Å²) in [5.74, 6) is 0.841. The van der Waals surface area contributed by atoms with Gasteiger partial charge in [0.05, 0.1) is 37.0 Å². The van der Waals surface area contributed by atoms with E-state index in [0.717, 1.165) is 41.0 Å². The number of aliphatic hydroxyl groups is 2. The van der Waals surface area contributed by atoms with Crippen LogP contribution in [0.3, 0.4) is 0 Å². The van der Waals surface area contributed by atoms with Crippen molar-refractivity contribution in [3.05, 3.63) is 42.0 Å². The van der Waals surface area contributed by atoms with Gasteiger partial charge in [-0.15, -0.1) is 0 Å². The fourth-order valence-electron chi connectivity index (χ4n) is 4.50. The van der Waals surface area contributed by atoms with Gasteiger partial charge in [0.25, 0.3) is 0 Å². The predicted molar refractivity (Wildman–Crippen MR) is 124 cm³/mol. The molecule has 1 aliphatic heterocycles. The van der Waals surface area contributed by atoms with Gasteiger partial charge in [-0.05, 0) is 45.0 Å². The van der Waals surface area contributed by atoms with E-state index in [-0.39, 0.29) is 18.7 Å². The van der Waals surface area contributed by atoms with E-state index in [1.807, 2.05) is 40.6 Å². The van der Waals surface area contributed by atoms with Crippen molar-refractivity contribution in [1.82, 2.24) is 24.2 Å². The minimum absolute atomic E-state index is 0.0283. The summed E-state index contributed by atoms with van der Waals surface area (Å²) in [6.07, 6.45) is 4.77. The Hall–Kier alpha value is -2.95. The number of amides is 1. The number of anilines is 1. The third-order valence-corrected chi connectivity index (χ3v) is 6.39. The molecule has 0 radical (unpaired) electrons. The minimum atomic E-state index is -0.777. The Morgan fingerprint density at radius 2 is 2.21 bits per heavy atom. The highest BCUT2D eigenvalue weighted by atomic mass is 16.5. The van der Waals surface area contributed by atoms with Gasteiger partial charge in [0, 0.05) is 43.5 Å². The SMILES string of the molecule is COC(=O)N1c2ccc3c(nc(CCn4cccn4)n3CC(O)N(C)CCO)c2CC[C@@H]1C. The number of aliphatic hydroxyl groups excluding tert-OH is 2. The molecule has 2 aromatic heterocycles. The molecule has 10 nitrogen and oxygen atoms in total. The number of methoxy groups -OCH3 is 1. The molecule has 10 heteroatoms. The number of carbonyl (C=O) groups is 1. The topological polar surface area (TPSA) is 109 Å². The first-order valence-corrected chi connectivity index (χ1v) is 11.3. The highest BCUT2D eigenvalue weighted by Crippen LogP contribution is 2.36. The molecule has 1 aliphatic rings. The van der Waals surface area contributed by atoms with E-state index in [4.69, 9.17) is 9.72 Å². The quantitative estimate of drug-likeness (QED) is 0.496. The van der Waals surface area contributed by atoms with Crippen molar-refractivity contribution in [1.29, 1.82) is 0 Å². The van der Waals surface area contributed by atoms with Crippen LogP contribution in [0.25, 0.3) is 11.0 Å². The van der Waals surface area contributed by atoms with Gasteiger partial charge in [0.1, 0.15) is 12.1 Å². The Bertz CT molecular complexity index is 1100. The molecule has 2 N–H and O–H groups in total. The smallest absolute Gasteiger partial charge is 0.414 e. The normalized spacial score (nSPS) is 16.9. The Labute approximate surface area is 193 Å². The van der Waals surface area contributed by atoms with E-state index in [1.54, 1.807) is 23.0 Å². The third-order valence-electron chi connectivity index (χ3n) is 6.39. The molecule has 0 aliphatic carbocycles. The van der Waals surface area contributed by atoms with E-state index in [2.05, 4.69) is 5.10 Å². The second-order valence-corrected chi connectivity index (χ2v) is 8.50. The maximum Gasteiger partial charge on any atom is 0.414 e. The number of nitrogens with zero attached hydrogens (tertiary/aromatic N) is 6. The first-order valence-electron chi connectivity index (χ1n) is 11.3. The van der Waals surface area contributed by atoms with Crippen molar-refractivity contribution in [2.24, 2.45) is 0 Å². The molecular formula is C23H32N6O4. The van der Waals surface area contributed by atoms with Gasteiger partial charge in [-0.1, -0.05) is 0 Å². The monoisotopic (exact) mass is 456 g/mol. The summed E-state index contributed by atoms with van der Waals surface area (Å²) in [6, 6.07) is 5.84. The Morgan fingerprint density at radius 1 is 1.39 bits per heavy atom. The summed E-state index contributed by atoms with van der Waals surface area (Å²) in [4.78, 5) is 20.9. The molecule has 4 rings (SSSR count). The van der Waals surface area contributed by atoms with Gasteiger partial charge >= 0.3 is 6.09 Å². The van der Waals surface area contributed by atoms with Crippen molar-refractivity contribution in [2.75, 3.05) is 32.2 Å². The first kappa shape index (κ1) is 23.2. The highest BCUT2D eigenvalue weighted by Gasteiger charge is 2.31. The van der Waals surface area contributed by atoms with E-state index in [0.29, 0.717) is 26.1 Å². The number of rotatable bonds is 8. The molecule has 1 aromatic carbocycles. The first-order chi connectivity index (χ1) is 15.9. The van der Waals surface area contributed by atoms with Gasteiger partial charge in [-0.2, -0.15) is 5.10 Å². The number of carbonyl (C=O) groups excluding carboxylic acids is 1. The lowest BCUT2D eigenvalue weighted by molar-refractivity contribution is 0.000740. The summed E-state index contributed by atoms with van der Waals surface area (Å²) in [5.41, 5.74) is 3.61. The molecule has 0 spiro atoms. The van der Waals surface area contributed by atoms with Crippen LogP contribution >= 0.6 is 0 Å². The molecule has 1 amide bonds. The minimum Gasteiger partial charge on any atom is -0.452 e. The van der Waals surface area contributed by atoms with Crippen molar-refractivity contribution in [2.45, 2.75) is 51.5 Å². The molecule has 0 fully saturated rings. The standard InChI is InChI=1S/C23H32N6O4/c1-16-5-6-17-18(29(16)23(32)33-3)7-8-19-22(17)25-20(9-12-27-11-4-10-24-27)28(19)15-21(31)26(2)13-14-30/h4,7-8,10-11,16,21,30-31H,5-6,9,12-15H2,1-3H3/t16-,21?/m0/s1. The summed E-state index contributed by atoms with van der Waals surface area (Å²) >= 11 is 0. The lowest BCUT2D eigenvalue weighted by Crippen LogP contribution is -2.42. The number of aromatic nitrogens is 4. The second-order valence-electron chi connectivity index (χ2n) is 8.50. The van der Waals surface area contributed by atoms with Gasteiger partial charge in [0.15, 0.2) is 0 Å². The van der Waals surface area contributed by atoms with Crippen molar-refractivity contribution < 1.29 is 19.7 Å². The third kappa shape index (κ3) is 4.59.